The van der Waals surface area contributed by atoms with Crippen LogP contribution in [0.3, 0.4) is 0 Å². The summed E-state index contributed by atoms with van der Waals surface area (Å²) in [4.78, 5) is 47.7. The summed E-state index contributed by atoms with van der Waals surface area (Å²) in [5.74, 6) is -0.731. The van der Waals surface area contributed by atoms with Crippen molar-refractivity contribution in [1.82, 2.24) is 0 Å². The van der Waals surface area contributed by atoms with Crippen molar-refractivity contribution in [1.29, 1.82) is 0 Å². The number of unbranched alkanes of at least 4 members (excludes halogenated alkanes) is 18. The molecule has 0 aromatic heterocycles. The van der Waals surface area contributed by atoms with Crippen molar-refractivity contribution in [3.63, 3.8) is 0 Å². The largest absolute Gasteiger partial charge is 0.631 e. The van der Waals surface area contributed by atoms with Crippen LogP contribution in [0.5, 0.6) is 0 Å². The topological polar surface area (TPSA) is 105 Å². The van der Waals surface area contributed by atoms with E-state index < -0.39 is 20.0 Å². The fourth-order valence-corrected chi connectivity index (χ4v) is 6.20. The molecule has 0 rings (SSSR count). The first-order valence-corrected chi connectivity index (χ1v) is 19.4. The van der Waals surface area contributed by atoms with E-state index in [4.69, 9.17) is 14.0 Å². The van der Waals surface area contributed by atoms with Crippen LogP contribution < -0.4 is 4.89 Å². The second kappa shape index (κ2) is 27.5. The maximum atomic E-state index is 12.5. The molecule has 0 radical (unpaired) electrons. The van der Waals surface area contributed by atoms with Crippen molar-refractivity contribution in [2.45, 2.75) is 161 Å². The number of quaternary nitrogens is 1. The van der Waals surface area contributed by atoms with E-state index in [0.29, 0.717) is 17.4 Å². The van der Waals surface area contributed by atoms with Crippen molar-refractivity contribution < 1.29 is 37.9 Å². The monoisotopic (exact) mass is 634 g/mol. The average Bonchev–Trinajstić information content (AvgIpc) is 2.95. The summed E-state index contributed by atoms with van der Waals surface area (Å²) in [7, 11) is 1.94. The fourth-order valence-electron chi connectivity index (χ4n) is 4.82. The zero-order chi connectivity index (χ0) is 32.2. The molecule has 2 atom stereocenters. The van der Waals surface area contributed by atoms with Crippen molar-refractivity contribution in [3.8, 4) is 0 Å². The van der Waals surface area contributed by atoms with Gasteiger partial charge in [0.15, 0.2) is 12.3 Å². The molecule has 43 heavy (non-hydrogen) atoms. The van der Waals surface area contributed by atoms with Crippen LogP contribution in [0.4, 0.5) is 0 Å². The van der Waals surface area contributed by atoms with Crippen molar-refractivity contribution in [2.24, 2.45) is 0 Å². The molecule has 0 aliphatic heterocycles. The lowest BCUT2D eigenvalue weighted by Gasteiger charge is -2.29. The van der Waals surface area contributed by atoms with Gasteiger partial charge in [-0.2, -0.15) is 0 Å². The molecule has 0 aliphatic carbocycles. The van der Waals surface area contributed by atoms with Gasteiger partial charge in [-0.05, 0) is 12.8 Å². The van der Waals surface area contributed by atoms with Gasteiger partial charge in [0, 0.05) is 12.8 Å². The maximum Gasteiger partial charge on any atom is 0.306 e. The van der Waals surface area contributed by atoms with Crippen molar-refractivity contribution >= 4 is 19.9 Å². The van der Waals surface area contributed by atoms with E-state index in [-0.39, 0.29) is 31.8 Å². The summed E-state index contributed by atoms with van der Waals surface area (Å²) in [5, 5.41) is 0. The third-order valence-corrected chi connectivity index (χ3v) is 9.03. The van der Waals surface area contributed by atoms with Crippen LogP contribution in [-0.2, 0) is 23.6 Å². The molecule has 1 unspecified atom stereocenters. The Morgan fingerprint density at radius 1 is 0.651 bits per heavy atom. The second-order valence-corrected chi connectivity index (χ2v) is 15.3. The molecule has 0 aromatic carbocycles. The Hall–Kier alpha value is -0.790. The number of carbonyl (C=O) groups excluding carboxylic acids is 2. The minimum atomic E-state index is -3.87. The third-order valence-electron chi connectivity index (χ3n) is 7.71. The molecular formula is C34H69NO7P+. The van der Waals surface area contributed by atoms with Gasteiger partial charge < -0.3 is 18.9 Å². The molecule has 9 heteroatoms. The first-order valence-electron chi connectivity index (χ1n) is 17.6. The lowest BCUT2D eigenvalue weighted by Crippen LogP contribution is -2.39. The maximum absolute atomic E-state index is 12.5. The van der Waals surface area contributed by atoms with Gasteiger partial charge >= 0.3 is 11.9 Å². The van der Waals surface area contributed by atoms with Crippen LogP contribution in [0.1, 0.15) is 155 Å². The second-order valence-electron chi connectivity index (χ2n) is 13.3. The zero-order valence-electron chi connectivity index (χ0n) is 28.8. The molecule has 0 bridgehead atoms. The summed E-state index contributed by atoms with van der Waals surface area (Å²) in [6.07, 6.45) is 23.3. The third kappa shape index (κ3) is 31.0. The van der Waals surface area contributed by atoms with E-state index in [1.807, 2.05) is 21.1 Å². The van der Waals surface area contributed by atoms with Crippen LogP contribution in [0.2, 0.25) is 0 Å². The van der Waals surface area contributed by atoms with E-state index in [0.717, 1.165) is 38.5 Å². The molecular weight excluding hydrogens is 565 g/mol. The number of esters is 2. The molecule has 8 nitrogen and oxygen atoms in total. The van der Waals surface area contributed by atoms with Crippen LogP contribution in [0, 0.1) is 0 Å². The van der Waals surface area contributed by atoms with E-state index in [2.05, 4.69) is 13.8 Å². The van der Waals surface area contributed by atoms with E-state index in [1.54, 1.807) is 0 Å². The Morgan fingerprint density at radius 3 is 1.47 bits per heavy atom. The van der Waals surface area contributed by atoms with Gasteiger partial charge in [0.1, 0.15) is 19.8 Å². The molecule has 0 amide bonds. The van der Waals surface area contributed by atoms with Gasteiger partial charge in [-0.1, -0.05) is 129 Å². The number of hydrogen-bond acceptors (Lipinski definition) is 7. The quantitative estimate of drug-likeness (QED) is 0.0358. The first kappa shape index (κ1) is 42.2. The minimum Gasteiger partial charge on any atom is -0.631 e. The van der Waals surface area contributed by atoms with Gasteiger partial charge in [-0.3, -0.25) is 9.59 Å². The van der Waals surface area contributed by atoms with Gasteiger partial charge in [0.05, 0.1) is 21.1 Å². The van der Waals surface area contributed by atoms with Gasteiger partial charge in [0.2, 0.25) is 7.94 Å². The Kier molecular flexibility index (Phi) is 27.0. The number of rotatable bonds is 31. The normalized spacial score (nSPS) is 13.9. The molecule has 0 spiro atoms. The zero-order valence-corrected chi connectivity index (χ0v) is 29.6. The Labute approximate surface area is 265 Å². The summed E-state index contributed by atoms with van der Waals surface area (Å²) in [5.41, 5.74) is 0. The lowest BCUT2D eigenvalue weighted by atomic mass is 10.1. The SMILES string of the molecule is CCCCCCCCCCCCC(=O)OC[C@H](CO[P+]([O-])(O)CC[N+](C)(C)C)OC(=O)CCCCCCCCCCCC. The average molecular weight is 635 g/mol. The minimum absolute atomic E-state index is 0.00566. The Bertz CT molecular complexity index is 670. The van der Waals surface area contributed by atoms with Crippen LogP contribution in [-0.4, -0.2) is 74.5 Å². The summed E-state index contributed by atoms with van der Waals surface area (Å²) < 4.78 is 16.8. The standard InChI is InChI=1S/C34H68NO7P/c1-6-8-10-12-14-16-18-20-22-24-26-33(36)40-30-32(31-41-43(38,39)29-28-35(3,4)5)42-34(37)27-25-23-21-19-17-15-13-11-9-7-2/h32H,6-31H2,1-5H3/p+1/t32-/m1/s1. The smallest absolute Gasteiger partial charge is 0.306 e. The lowest BCUT2D eigenvalue weighted by molar-refractivity contribution is -0.868. The number of hydrogen-bond donors (Lipinski definition) is 1. The van der Waals surface area contributed by atoms with Crippen LogP contribution in [0.15, 0.2) is 0 Å². The highest BCUT2D eigenvalue weighted by molar-refractivity contribution is 7.58. The fraction of sp³-hybridized carbons (Fsp3) is 0.941. The number of ether oxygens (including phenoxy) is 2. The van der Waals surface area contributed by atoms with Gasteiger partial charge in [0.25, 0.3) is 0 Å². The molecule has 0 saturated carbocycles. The van der Waals surface area contributed by atoms with Gasteiger partial charge in [-0.25, -0.2) is 9.42 Å². The summed E-state index contributed by atoms with van der Waals surface area (Å²) >= 11 is 0. The van der Waals surface area contributed by atoms with Crippen LogP contribution in [0.25, 0.3) is 0 Å². The Balaban J connectivity index is 4.43. The molecule has 0 saturated heterocycles. The first-order chi connectivity index (χ1) is 20.5. The van der Waals surface area contributed by atoms with Crippen molar-refractivity contribution in [3.05, 3.63) is 0 Å². The molecule has 1 N–H and O–H groups in total. The highest BCUT2D eigenvalue weighted by Gasteiger charge is 2.31. The highest BCUT2D eigenvalue weighted by atomic mass is 31.2. The van der Waals surface area contributed by atoms with Gasteiger partial charge in [-0.15, -0.1) is 0 Å². The molecule has 0 aromatic rings. The molecule has 0 fully saturated rings. The Morgan fingerprint density at radius 2 is 1.05 bits per heavy atom. The van der Waals surface area contributed by atoms with Crippen LogP contribution >= 0.6 is 7.94 Å². The van der Waals surface area contributed by atoms with E-state index in [9.17, 15) is 19.4 Å². The van der Waals surface area contributed by atoms with E-state index in [1.165, 1.54) is 89.9 Å². The summed E-state index contributed by atoms with van der Waals surface area (Å²) in [6, 6.07) is 0. The van der Waals surface area contributed by atoms with E-state index >= 15 is 0 Å². The highest BCUT2D eigenvalue weighted by Crippen LogP contribution is 2.46. The number of carbonyl (C=O) groups is 2. The molecule has 256 valence electrons. The number of nitrogens with zero attached hydrogens (tertiary/aromatic N) is 1. The van der Waals surface area contributed by atoms with Crippen molar-refractivity contribution in [2.75, 3.05) is 47.1 Å². The summed E-state index contributed by atoms with van der Waals surface area (Å²) in [6.45, 7) is 4.47. The molecule has 0 heterocycles. The predicted octanol–water partition coefficient (Wildman–Crippen LogP) is 7.90. The molecule has 0 aliphatic rings. The predicted molar refractivity (Wildman–Crippen MR) is 177 cm³/mol.